The first kappa shape index (κ1) is 18.1. The fourth-order valence-electron chi connectivity index (χ4n) is 2.82. The van der Waals surface area contributed by atoms with E-state index in [0.29, 0.717) is 11.3 Å². The topological polar surface area (TPSA) is 74.6 Å². The van der Waals surface area contributed by atoms with E-state index in [1.165, 1.54) is 25.0 Å². The van der Waals surface area contributed by atoms with E-state index in [0.717, 1.165) is 0 Å². The summed E-state index contributed by atoms with van der Waals surface area (Å²) in [6, 6.07) is 17.4. The Kier molecular flexibility index (Phi) is 5.17. The highest BCUT2D eigenvalue weighted by Crippen LogP contribution is 2.26. The minimum atomic E-state index is -0.788. The number of aromatic nitrogens is 1. The third-order valence-corrected chi connectivity index (χ3v) is 4.09. The average molecular weight is 363 g/mol. The van der Waals surface area contributed by atoms with Gasteiger partial charge in [-0.25, -0.2) is 9.59 Å². The van der Waals surface area contributed by atoms with Crippen molar-refractivity contribution >= 4 is 17.7 Å². The smallest absolute Gasteiger partial charge is 0.355 e. The van der Waals surface area contributed by atoms with E-state index in [9.17, 15) is 14.4 Å². The molecule has 0 spiro atoms. The predicted molar refractivity (Wildman–Crippen MR) is 98.3 cm³/mol. The van der Waals surface area contributed by atoms with Crippen molar-refractivity contribution in [3.8, 4) is 5.69 Å². The minimum Gasteiger partial charge on any atom is -0.465 e. The molecule has 3 aromatic rings. The molecule has 6 nitrogen and oxygen atoms in total. The molecule has 1 aromatic heterocycles. The van der Waals surface area contributed by atoms with Gasteiger partial charge in [0.15, 0.2) is 5.78 Å². The molecule has 0 saturated heterocycles. The molecule has 27 heavy (non-hydrogen) atoms. The standard InChI is InChI=1S/C21H17NO5/c1-26-20(24)17-16(19(23)14-9-5-3-6-10-14)13-22(18(17)21(25)27-2)15-11-7-4-8-12-15/h3-13H,1-2H3. The van der Waals surface area contributed by atoms with Crippen LogP contribution >= 0.6 is 0 Å². The zero-order chi connectivity index (χ0) is 19.4. The van der Waals surface area contributed by atoms with Crippen molar-refractivity contribution in [3.05, 3.63) is 89.2 Å². The number of nitrogens with zero attached hydrogens (tertiary/aromatic N) is 1. The van der Waals surface area contributed by atoms with Gasteiger partial charge in [0.25, 0.3) is 0 Å². The van der Waals surface area contributed by atoms with E-state index in [2.05, 4.69) is 0 Å². The van der Waals surface area contributed by atoms with Gasteiger partial charge in [-0.3, -0.25) is 4.79 Å². The van der Waals surface area contributed by atoms with Gasteiger partial charge in [0, 0.05) is 17.4 Å². The number of methoxy groups -OCH3 is 2. The molecular weight excluding hydrogens is 346 g/mol. The van der Waals surface area contributed by atoms with E-state index in [1.807, 2.05) is 6.07 Å². The summed E-state index contributed by atoms with van der Waals surface area (Å²) >= 11 is 0. The molecule has 0 fully saturated rings. The molecule has 6 heteroatoms. The summed E-state index contributed by atoms with van der Waals surface area (Å²) in [5, 5.41) is 0. The number of ether oxygens (including phenoxy) is 2. The Labute approximate surface area is 156 Å². The molecule has 0 atom stereocenters. The van der Waals surface area contributed by atoms with Gasteiger partial charge in [0.2, 0.25) is 0 Å². The fraction of sp³-hybridized carbons (Fsp3) is 0.0952. The lowest BCUT2D eigenvalue weighted by molar-refractivity contribution is 0.0548. The van der Waals surface area contributed by atoms with Gasteiger partial charge in [-0.2, -0.15) is 0 Å². The van der Waals surface area contributed by atoms with Crippen LogP contribution < -0.4 is 0 Å². The van der Waals surface area contributed by atoms with Gasteiger partial charge in [0.05, 0.1) is 19.8 Å². The van der Waals surface area contributed by atoms with Crippen LogP contribution in [0.4, 0.5) is 0 Å². The number of carbonyl (C=O) groups excluding carboxylic acids is 3. The van der Waals surface area contributed by atoms with Gasteiger partial charge in [-0.05, 0) is 12.1 Å². The maximum atomic E-state index is 13.0. The van der Waals surface area contributed by atoms with Crippen LogP contribution in [0.3, 0.4) is 0 Å². The summed E-state index contributed by atoms with van der Waals surface area (Å²) in [5.74, 6) is -1.92. The lowest BCUT2D eigenvalue weighted by Crippen LogP contribution is -2.16. The third-order valence-electron chi connectivity index (χ3n) is 4.09. The average Bonchev–Trinajstić information content (AvgIpc) is 3.14. The van der Waals surface area contributed by atoms with E-state index in [-0.39, 0.29) is 16.8 Å². The van der Waals surface area contributed by atoms with E-state index >= 15 is 0 Å². The molecule has 0 N–H and O–H groups in total. The van der Waals surface area contributed by atoms with Gasteiger partial charge in [-0.1, -0.05) is 48.5 Å². The molecule has 0 bridgehead atoms. The summed E-state index contributed by atoms with van der Waals surface area (Å²) in [6.45, 7) is 0. The monoisotopic (exact) mass is 363 g/mol. The summed E-state index contributed by atoms with van der Waals surface area (Å²) in [7, 11) is 2.41. The molecule has 0 aliphatic carbocycles. The lowest BCUT2D eigenvalue weighted by atomic mass is 10.0. The van der Waals surface area contributed by atoms with Crippen molar-refractivity contribution in [1.82, 2.24) is 4.57 Å². The Balaban J connectivity index is 2.30. The molecule has 2 aromatic carbocycles. The lowest BCUT2D eigenvalue weighted by Gasteiger charge is -2.09. The molecule has 0 aliphatic rings. The highest BCUT2D eigenvalue weighted by molar-refractivity contribution is 6.17. The van der Waals surface area contributed by atoms with Crippen LogP contribution in [0.2, 0.25) is 0 Å². The van der Waals surface area contributed by atoms with E-state index < -0.39 is 17.7 Å². The molecule has 0 amide bonds. The highest BCUT2D eigenvalue weighted by atomic mass is 16.5. The number of hydrogen-bond acceptors (Lipinski definition) is 5. The van der Waals surface area contributed by atoms with E-state index in [1.54, 1.807) is 54.6 Å². The van der Waals surface area contributed by atoms with Crippen LogP contribution in [0, 0.1) is 0 Å². The largest absolute Gasteiger partial charge is 0.465 e. The van der Waals surface area contributed by atoms with Crippen LogP contribution in [-0.4, -0.2) is 36.5 Å². The minimum absolute atomic E-state index is 0.0603. The number of para-hydroxylation sites is 1. The van der Waals surface area contributed by atoms with Crippen LogP contribution in [0.1, 0.15) is 36.8 Å². The number of esters is 2. The Morgan fingerprint density at radius 1 is 0.778 bits per heavy atom. The van der Waals surface area contributed by atoms with Gasteiger partial charge >= 0.3 is 11.9 Å². The molecule has 136 valence electrons. The molecule has 0 radical (unpaired) electrons. The zero-order valence-electron chi connectivity index (χ0n) is 14.8. The number of ketones is 1. The van der Waals surface area contributed by atoms with Crippen molar-refractivity contribution in [1.29, 1.82) is 0 Å². The van der Waals surface area contributed by atoms with Gasteiger partial charge < -0.3 is 14.0 Å². The van der Waals surface area contributed by atoms with E-state index in [4.69, 9.17) is 9.47 Å². The Morgan fingerprint density at radius 2 is 1.33 bits per heavy atom. The number of carbonyl (C=O) groups is 3. The van der Waals surface area contributed by atoms with Crippen molar-refractivity contribution in [3.63, 3.8) is 0 Å². The quantitative estimate of drug-likeness (QED) is 0.514. The number of hydrogen-bond donors (Lipinski definition) is 0. The van der Waals surface area contributed by atoms with Crippen molar-refractivity contribution < 1.29 is 23.9 Å². The normalized spacial score (nSPS) is 10.3. The second-order valence-corrected chi connectivity index (χ2v) is 5.65. The second kappa shape index (κ2) is 7.70. The van der Waals surface area contributed by atoms with Crippen molar-refractivity contribution in [2.75, 3.05) is 14.2 Å². The first-order valence-corrected chi connectivity index (χ1v) is 8.15. The fourth-order valence-corrected chi connectivity index (χ4v) is 2.82. The van der Waals surface area contributed by atoms with Gasteiger partial charge in [0.1, 0.15) is 11.3 Å². The molecular formula is C21H17NO5. The Hall–Kier alpha value is -3.67. The molecule has 1 heterocycles. The third kappa shape index (κ3) is 3.37. The summed E-state index contributed by atoms with van der Waals surface area (Å²) < 4.78 is 11.2. The first-order chi connectivity index (χ1) is 13.1. The summed E-state index contributed by atoms with van der Waals surface area (Å²) in [5.41, 5.74) is 0.883. The van der Waals surface area contributed by atoms with Crippen molar-refractivity contribution in [2.24, 2.45) is 0 Å². The molecule has 0 unspecified atom stereocenters. The molecule has 3 rings (SSSR count). The Morgan fingerprint density at radius 3 is 1.89 bits per heavy atom. The highest BCUT2D eigenvalue weighted by Gasteiger charge is 2.31. The van der Waals surface area contributed by atoms with Crippen LogP contribution in [0.15, 0.2) is 66.9 Å². The van der Waals surface area contributed by atoms with Crippen LogP contribution in [-0.2, 0) is 9.47 Å². The molecule has 0 aliphatic heterocycles. The maximum Gasteiger partial charge on any atom is 0.355 e. The predicted octanol–water partition coefficient (Wildman–Crippen LogP) is 3.28. The molecule has 0 saturated carbocycles. The van der Waals surface area contributed by atoms with Crippen molar-refractivity contribution in [2.45, 2.75) is 0 Å². The Bertz CT molecular complexity index is 990. The first-order valence-electron chi connectivity index (χ1n) is 8.15. The van der Waals surface area contributed by atoms with Crippen LogP contribution in [0.5, 0.6) is 0 Å². The number of rotatable bonds is 5. The summed E-state index contributed by atoms with van der Waals surface area (Å²) in [4.78, 5) is 37.9. The summed E-state index contributed by atoms with van der Waals surface area (Å²) in [6.07, 6.45) is 1.46. The second-order valence-electron chi connectivity index (χ2n) is 5.65. The van der Waals surface area contributed by atoms with Gasteiger partial charge in [-0.15, -0.1) is 0 Å². The number of benzene rings is 2. The SMILES string of the molecule is COC(=O)c1c(C(=O)c2ccccc2)cn(-c2ccccc2)c1C(=O)OC. The van der Waals surface area contributed by atoms with Crippen LogP contribution in [0.25, 0.3) is 5.69 Å². The maximum absolute atomic E-state index is 13.0. The zero-order valence-corrected chi connectivity index (χ0v) is 14.8.